The smallest absolute Gasteiger partial charge is 0.324 e. The number of nitrogens with one attached hydrogen (secondary N) is 1. The number of halogens is 1. The number of hydrogen-bond acceptors (Lipinski definition) is 4. The molecule has 4 nitrogen and oxygen atoms in total. The van der Waals surface area contributed by atoms with Crippen LogP contribution in [0.2, 0.25) is 0 Å². The Morgan fingerprint density at radius 2 is 2.18 bits per heavy atom. The van der Waals surface area contributed by atoms with Crippen molar-refractivity contribution < 1.29 is 13.9 Å². The predicted octanol–water partition coefficient (Wildman–Crippen LogP) is 0.777. The van der Waals surface area contributed by atoms with Gasteiger partial charge in [0.15, 0.2) is 0 Å². The maximum Gasteiger partial charge on any atom is 0.324 e. The van der Waals surface area contributed by atoms with E-state index >= 15 is 0 Å². The first-order valence-electron chi connectivity index (χ1n) is 5.52. The molecule has 1 saturated heterocycles. The summed E-state index contributed by atoms with van der Waals surface area (Å²) < 4.78 is 17.5. The van der Waals surface area contributed by atoms with Gasteiger partial charge in [-0.2, -0.15) is 0 Å². The van der Waals surface area contributed by atoms with Crippen LogP contribution >= 0.6 is 0 Å². The fourth-order valence-electron chi connectivity index (χ4n) is 1.94. The molecule has 0 amide bonds. The van der Waals surface area contributed by atoms with E-state index in [1.807, 2.05) is 4.90 Å². The van der Waals surface area contributed by atoms with Gasteiger partial charge in [-0.1, -0.05) is 0 Å². The molecule has 92 valence electrons. The van der Waals surface area contributed by atoms with E-state index in [9.17, 15) is 9.18 Å². The zero-order chi connectivity index (χ0) is 12.3. The standard InChI is InChI=1S/C12H15FN2O2/c1-17-12(16)11-8-15(7-6-14-11)10-4-2-9(13)3-5-10/h2-5,11,14H,6-8H2,1H3. The molecule has 1 unspecified atom stereocenters. The minimum atomic E-state index is -0.321. The number of ether oxygens (including phenoxy) is 1. The van der Waals surface area contributed by atoms with Crippen LogP contribution in [0.3, 0.4) is 0 Å². The Morgan fingerprint density at radius 1 is 1.47 bits per heavy atom. The third kappa shape index (κ3) is 2.74. The highest BCUT2D eigenvalue weighted by molar-refractivity contribution is 5.77. The van der Waals surface area contributed by atoms with Crippen LogP contribution in [-0.4, -0.2) is 38.8 Å². The monoisotopic (exact) mass is 238 g/mol. The van der Waals surface area contributed by atoms with E-state index in [0.717, 1.165) is 12.2 Å². The minimum absolute atomic E-state index is 0.256. The van der Waals surface area contributed by atoms with Crippen molar-refractivity contribution in [1.82, 2.24) is 5.32 Å². The SMILES string of the molecule is COC(=O)C1CN(c2ccc(F)cc2)CCN1. The first-order valence-corrected chi connectivity index (χ1v) is 5.52. The van der Waals surface area contributed by atoms with Gasteiger partial charge < -0.3 is 15.0 Å². The summed E-state index contributed by atoms with van der Waals surface area (Å²) in [5, 5.41) is 3.09. The number of rotatable bonds is 2. The summed E-state index contributed by atoms with van der Waals surface area (Å²) in [6, 6.07) is 5.96. The van der Waals surface area contributed by atoms with Crippen LogP contribution in [0.5, 0.6) is 0 Å². The second-order valence-electron chi connectivity index (χ2n) is 3.95. The van der Waals surface area contributed by atoms with E-state index in [1.165, 1.54) is 19.2 Å². The lowest BCUT2D eigenvalue weighted by Gasteiger charge is -2.33. The van der Waals surface area contributed by atoms with Crippen LogP contribution in [0.15, 0.2) is 24.3 Å². The molecule has 0 aliphatic carbocycles. The van der Waals surface area contributed by atoms with Crippen molar-refractivity contribution in [2.75, 3.05) is 31.6 Å². The van der Waals surface area contributed by atoms with E-state index in [2.05, 4.69) is 5.32 Å². The molecule has 5 heteroatoms. The Hall–Kier alpha value is -1.62. The van der Waals surface area contributed by atoms with E-state index in [4.69, 9.17) is 4.74 Å². The molecular formula is C12H15FN2O2. The van der Waals surface area contributed by atoms with Crippen molar-refractivity contribution in [3.8, 4) is 0 Å². The highest BCUT2D eigenvalue weighted by Gasteiger charge is 2.25. The number of hydrogen-bond donors (Lipinski definition) is 1. The lowest BCUT2D eigenvalue weighted by atomic mass is 10.2. The Kier molecular flexibility index (Phi) is 3.58. The molecule has 1 N–H and O–H groups in total. The number of methoxy groups -OCH3 is 1. The topological polar surface area (TPSA) is 41.6 Å². The highest BCUT2D eigenvalue weighted by atomic mass is 19.1. The second kappa shape index (κ2) is 5.14. The van der Waals surface area contributed by atoms with Crippen molar-refractivity contribution in [3.63, 3.8) is 0 Å². The molecule has 17 heavy (non-hydrogen) atoms. The second-order valence-corrected chi connectivity index (χ2v) is 3.95. The molecule has 0 spiro atoms. The molecule has 0 aromatic heterocycles. The summed E-state index contributed by atoms with van der Waals surface area (Å²) >= 11 is 0. The molecule has 1 aromatic carbocycles. The molecule has 1 aromatic rings. The van der Waals surface area contributed by atoms with Gasteiger partial charge in [0.2, 0.25) is 0 Å². The van der Waals surface area contributed by atoms with Crippen molar-refractivity contribution in [2.45, 2.75) is 6.04 Å². The van der Waals surface area contributed by atoms with Gasteiger partial charge >= 0.3 is 5.97 Å². The molecule has 0 saturated carbocycles. The largest absolute Gasteiger partial charge is 0.468 e. The van der Waals surface area contributed by atoms with Crippen LogP contribution in [0.25, 0.3) is 0 Å². The molecule has 1 heterocycles. The van der Waals surface area contributed by atoms with Crippen LogP contribution in [0.1, 0.15) is 0 Å². The van der Waals surface area contributed by atoms with Crippen LogP contribution in [0, 0.1) is 5.82 Å². The summed E-state index contributed by atoms with van der Waals surface area (Å²) in [5.74, 6) is -0.523. The average Bonchev–Trinajstić information content (AvgIpc) is 2.39. The van der Waals surface area contributed by atoms with Gasteiger partial charge in [-0.3, -0.25) is 4.79 Å². The Bertz CT molecular complexity index is 394. The lowest BCUT2D eigenvalue weighted by molar-refractivity contribution is -0.143. The zero-order valence-electron chi connectivity index (χ0n) is 9.65. The maximum absolute atomic E-state index is 12.8. The minimum Gasteiger partial charge on any atom is -0.468 e. The molecule has 1 aliphatic heterocycles. The van der Waals surface area contributed by atoms with Crippen LogP contribution < -0.4 is 10.2 Å². The molecule has 1 aliphatic rings. The summed E-state index contributed by atoms with van der Waals surface area (Å²) in [6.45, 7) is 2.04. The predicted molar refractivity (Wildman–Crippen MR) is 62.4 cm³/mol. The van der Waals surface area contributed by atoms with E-state index in [-0.39, 0.29) is 17.8 Å². The molecule has 0 radical (unpaired) electrons. The van der Waals surface area contributed by atoms with E-state index < -0.39 is 0 Å². The molecule has 1 fully saturated rings. The quantitative estimate of drug-likeness (QED) is 0.773. The molecular weight excluding hydrogens is 223 g/mol. The summed E-state index contributed by atoms with van der Waals surface area (Å²) in [4.78, 5) is 13.5. The summed E-state index contributed by atoms with van der Waals surface area (Å²) in [7, 11) is 1.38. The number of nitrogens with zero attached hydrogens (tertiary/aromatic N) is 1. The highest BCUT2D eigenvalue weighted by Crippen LogP contribution is 2.16. The third-order valence-corrected chi connectivity index (χ3v) is 2.85. The number of carbonyl (C=O) groups is 1. The number of benzene rings is 1. The van der Waals surface area contributed by atoms with Crippen LogP contribution in [0.4, 0.5) is 10.1 Å². The van der Waals surface area contributed by atoms with Gasteiger partial charge in [0.1, 0.15) is 11.9 Å². The van der Waals surface area contributed by atoms with Gasteiger partial charge in [0.05, 0.1) is 7.11 Å². The van der Waals surface area contributed by atoms with E-state index in [0.29, 0.717) is 13.1 Å². The van der Waals surface area contributed by atoms with Crippen LogP contribution in [-0.2, 0) is 9.53 Å². The number of piperazine rings is 1. The Morgan fingerprint density at radius 3 is 2.82 bits per heavy atom. The number of carbonyl (C=O) groups excluding carboxylic acids is 1. The van der Waals surface area contributed by atoms with Crippen molar-refractivity contribution in [1.29, 1.82) is 0 Å². The number of esters is 1. The fraction of sp³-hybridized carbons (Fsp3) is 0.417. The van der Waals surface area contributed by atoms with Crippen molar-refractivity contribution in [3.05, 3.63) is 30.1 Å². The lowest BCUT2D eigenvalue weighted by Crippen LogP contribution is -2.54. The zero-order valence-corrected chi connectivity index (χ0v) is 9.65. The Labute approximate surface area is 99.4 Å². The van der Waals surface area contributed by atoms with Gasteiger partial charge in [-0.05, 0) is 24.3 Å². The van der Waals surface area contributed by atoms with Crippen molar-refractivity contribution >= 4 is 11.7 Å². The maximum atomic E-state index is 12.8. The molecule has 1 atom stereocenters. The number of anilines is 1. The molecule has 2 rings (SSSR count). The van der Waals surface area contributed by atoms with Gasteiger partial charge in [0.25, 0.3) is 0 Å². The van der Waals surface area contributed by atoms with E-state index in [1.54, 1.807) is 12.1 Å². The average molecular weight is 238 g/mol. The summed E-state index contributed by atoms with van der Waals surface area (Å²) in [5.41, 5.74) is 0.918. The van der Waals surface area contributed by atoms with Gasteiger partial charge in [-0.15, -0.1) is 0 Å². The molecule has 0 bridgehead atoms. The normalized spacial score (nSPS) is 20.1. The third-order valence-electron chi connectivity index (χ3n) is 2.85. The van der Waals surface area contributed by atoms with Crippen molar-refractivity contribution in [2.24, 2.45) is 0 Å². The Balaban J connectivity index is 2.06. The van der Waals surface area contributed by atoms with Gasteiger partial charge in [0, 0.05) is 25.3 Å². The van der Waals surface area contributed by atoms with Gasteiger partial charge in [-0.25, -0.2) is 4.39 Å². The fourth-order valence-corrected chi connectivity index (χ4v) is 1.94. The first-order chi connectivity index (χ1) is 8.20. The summed E-state index contributed by atoms with van der Waals surface area (Å²) in [6.07, 6.45) is 0. The first kappa shape index (κ1) is 11.9.